The van der Waals surface area contributed by atoms with Crippen LogP contribution in [0.15, 0.2) is 18.2 Å². The van der Waals surface area contributed by atoms with Crippen molar-refractivity contribution in [1.82, 2.24) is 5.32 Å². The fraction of sp³-hybridized carbons (Fsp3) is 0.600. The summed E-state index contributed by atoms with van der Waals surface area (Å²) in [5.74, 6) is 0.164. The Labute approximate surface area is 130 Å². The first-order valence-electron chi connectivity index (χ1n) is 7.29. The van der Waals surface area contributed by atoms with Crippen molar-refractivity contribution in [1.29, 1.82) is 0 Å². The summed E-state index contributed by atoms with van der Waals surface area (Å²) in [4.78, 5) is 0. The Morgan fingerprint density at radius 2 is 2.24 bits per heavy atom. The minimum atomic E-state index is -2.93. The molecule has 1 aromatic rings. The zero-order valence-corrected chi connectivity index (χ0v) is 13.7. The van der Waals surface area contributed by atoms with E-state index >= 15 is 0 Å². The van der Waals surface area contributed by atoms with Gasteiger partial charge in [0.2, 0.25) is 0 Å². The molecule has 0 radical (unpaired) electrons. The van der Waals surface area contributed by atoms with E-state index in [2.05, 4.69) is 12.2 Å². The second-order valence-electron chi connectivity index (χ2n) is 5.66. The smallest absolute Gasteiger partial charge is 0.150 e. The van der Waals surface area contributed by atoms with Crippen LogP contribution in [0.4, 0.5) is 4.39 Å². The second-order valence-corrected chi connectivity index (χ2v) is 8.33. The van der Waals surface area contributed by atoms with E-state index in [1.54, 1.807) is 12.1 Å². The van der Waals surface area contributed by atoms with Crippen LogP contribution in [0.25, 0.3) is 0 Å². The van der Waals surface area contributed by atoms with Gasteiger partial charge in [0.15, 0.2) is 9.84 Å². The van der Waals surface area contributed by atoms with Crippen LogP contribution in [0.1, 0.15) is 25.3 Å². The molecule has 0 amide bonds. The summed E-state index contributed by atoms with van der Waals surface area (Å²) in [6.07, 6.45) is 2.10. The number of halogens is 2. The Morgan fingerprint density at radius 3 is 2.81 bits per heavy atom. The highest BCUT2D eigenvalue weighted by molar-refractivity contribution is 7.91. The number of hydrogen-bond donors (Lipinski definition) is 1. The number of hydrogen-bond acceptors (Lipinski definition) is 3. The van der Waals surface area contributed by atoms with Crippen LogP contribution in [-0.2, 0) is 16.3 Å². The molecule has 1 saturated heterocycles. The average molecular weight is 334 g/mol. The lowest BCUT2D eigenvalue weighted by atomic mass is 9.92. The molecule has 0 spiro atoms. The molecule has 1 fully saturated rings. The van der Waals surface area contributed by atoms with Crippen LogP contribution >= 0.6 is 11.6 Å². The minimum Gasteiger partial charge on any atom is -0.313 e. The molecule has 1 aromatic carbocycles. The largest absolute Gasteiger partial charge is 0.313 e. The average Bonchev–Trinajstić information content (AvgIpc) is 2.77. The molecule has 3 nitrogen and oxygen atoms in total. The molecule has 2 rings (SSSR count). The molecule has 6 heteroatoms. The van der Waals surface area contributed by atoms with Gasteiger partial charge < -0.3 is 5.32 Å². The molecule has 2 atom stereocenters. The van der Waals surface area contributed by atoms with Gasteiger partial charge in [-0.25, -0.2) is 12.8 Å². The van der Waals surface area contributed by atoms with Crippen molar-refractivity contribution in [2.75, 3.05) is 18.1 Å². The van der Waals surface area contributed by atoms with Gasteiger partial charge in [0.05, 0.1) is 11.5 Å². The van der Waals surface area contributed by atoms with E-state index in [9.17, 15) is 12.8 Å². The van der Waals surface area contributed by atoms with Crippen LogP contribution < -0.4 is 5.32 Å². The Balaban J connectivity index is 2.12. The van der Waals surface area contributed by atoms with E-state index in [1.807, 2.05) is 0 Å². The van der Waals surface area contributed by atoms with Gasteiger partial charge >= 0.3 is 0 Å². The maximum absolute atomic E-state index is 13.9. The molecule has 1 heterocycles. The van der Waals surface area contributed by atoms with Gasteiger partial charge in [0.1, 0.15) is 5.82 Å². The summed E-state index contributed by atoms with van der Waals surface area (Å²) >= 11 is 5.77. The number of rotatable bonds is 6. The van der Waals surface area contributed by atoms with E-state index in [-0.39, 0.29) is 29.3 Å². The van der Waals surface area contributed by atoms with Crippen LogP contribution in [0.3, 0.4) is 0 Å². The second kappa shape index (κ2) is 7.07. The van der Waals surface area contributed by atoms with Gasteiger partial charge in [-0.2, -0.15) is 0 Å². The van der Waals surface area contributed by atoms with Gasteiger partial charge in [-0.1, -0.05) is 24.6 Å². The summed E-state index contributed by atoms with van der Waals surface area (Å²) in [6, 6.07) is 4.64. The van der Waals surface area contributed by atoms with Crippen molar-refractivity contribution in [3.05, 3.63) is 34.6 Å². The summed E-state index contributed by atoms with van der Waals surface area (Å²) in [7, 11) is -2.93. The van der Waals surface area contributed by atoms with E-state index in [1.165, 1.54) is 6.07 Å². The van der Waals surface area contributed by atoms with E-state index in [0.717, 1.165) is 13.0 Å². The zero-order chi connectivity index (χ0) is 15.5. The predicted molar refractivity (Wildman–Crippen MR) is 84.0 cm³/mol. The normalized spacial score (nSPS) is 22.3. The molecule has 118 valence electrons. The Morgan fingerprint density at radius 1 is 1.48 bits per heavy atom. The van der Waals surface area contributed by atoms with E-state index in [4.69, 9.17) is 11.6 Å². The molecule has 1 aliphatic rings. The third kappa shape index (κ3) is 4.66. The fourth-order valence-corrected chi connectivity index (χ4v) is 4.84. The van der Waals surface area contributed by atoms with Gasteiger partial charge in [-0.15, -0.1) is 0 Å². The van der Waals surface area contributed by atoms with Crippen molar-refractivity contribution < 1.29 is 12.8 Å². The molecule has 21 heavy (non-hydrogen) atoms. The SMILES string of the molecule is CCCNC(Cc1ccc(Cl)cc1F)C1CCS(=O)(=O)C1. The van der Waals surface area contributed by atoms with Crippen LogP contribution in [-0.4, -0.2) is 32.5 Å². The van der Waals surface area contributed by atoms with Gasteiger partial charge in [-0.05, 0) is 49.4 Å². The molecular formula is C15H21ClFNO2S. The van der Waals surface area contributed by atoms with Crippen molar-refractivity contribution in [2.45, 2.75) is 32.2 Å². The molecule has 0 aromatic heterocycles. The monoisotopic (exact) mass is 333 g/mol. The van der Waals surface area contributed by atoms with Crippen LogP contribution in [0, 0.1) is 11.7 Å². The molecule has 1 aliphatic heterocycles. The maximum atomic E-state index is 13.9. The Hall–Kier alpha value is -0.650. The van der Waals surface area contributed by atoms with Crippen molar-refractivity contribution in [3.63, 3.8) is 0 Å². The Kier molecular flexibility index (Phi) is 5.63. The lowest BCUT2D eigenvalue weighted by Crippen LogP contribution is -2.39. The first kappa shape index (κ1) is 16.7. The van der Waals surface area contributed by atoms with Gasteiger partial charge in [0.25, 0.3) is 0 Å². The number of sulfone groups is 1. The summed E-state index contributed by atoms with van der Waals surface area (Å²) in [5.41, 5.74) is 0.581. The highest BCUT2D eigenvalue weighted by atomic mass is 35.5. The molecule has 0 bridgehead atoms. The Bertz CT molecular complexity index is 591. The molecule has 0 aliphatic carbocycles. The topological polar surface area (TPSA) is 46.2 Å². The van der Waals surface area contributed by atoms with Gasteiger partial charge in [-0.3, -0.25) is 0 Å². The van der Waals surface area contributed by atoms with Crippen molar-refractivity contribution in [2.24, 2.45) is 5.92 Å². The first-order valence-corrected chi connectivity index (χ1v) is 9.49. The molecule has 1 N–H and O–H groups in total. The highest BCUT2D eigenvalue weighted by Crippen LogP contribution is 2.25. The summed E-state index contributed by atoms with van der Waals surface area (Å²) < 4.78 is 37.3. The number of benzene rings is 1. The maximum Gasteiger partial charge on any atom is 0.150 e. The molecule has 0 saturated carbocycles. The standard InChI is InChI=1S/C15H21ClFNO2S/c1-2-6-18-15(12-5-7-21(19,20)10-12)8-11-3-4-13(16)9-14(11)17/h3-4,9,12,15,18H,2,5-8,10H2,1H3. The molecule has 2 unspecified atom stereocenters. The lowest BCUT2D eigenvalue weighted by molar-refractivity contribution is 0.375. The summed E-state index contributed by atoms with van der Waals surface area (Å²) in [6.45, 7) is 2.86. The van der Waals surface area contributed by atoms with Crippen LogP contribution in [0.5, 0.6) is 0 Å². The third-order valence-corrected chi connectivity index (χ3v) is 5.98. The minimum absolute atomic E-state index is 0.0158. The summed E-state index contributed by atoms with van der Waals surface area (Å²) in [5, 5.41) is 3.75. The highest BCUT2D eigenvalue weighted by Gasteiger charge is 2.33. The van der Waals surface area contributed by atoms with Crippen molar-refractivity contribution >= 4 is 21.4 Å². The first-order chi connectivity index (χ1) is 9.91. The molecular weight excluding hydrogens is 313 g/mol. The van der Waals surface area contributed by atoms with Crippen molar-refractivity contribution in [3.8, 4) is 0 Å². The van der Waals surface area contributed by atoms with Crippen LogP contribution in [0.2, 0.25) is 5.02 Å². The predicted octanol–water partition coefficient (Wildman–Crippen LogP) is 2.82. The van der Waals surface area contributed by atoms with Gasteiger partial charge in [0, 0.05) is 11.1 Å². The number of nitrogens with one attached hydrogen (secondary N) is 1. The zero-order valence-electron chi connectivity index (χ0n) is 12.1. The quantitative estimate of drug-likeness (QED) is 0.870. The van der Waals surface area contributed by atoms with E-state index < -0.39 is 9.84 Å². The fourth-order valence-electron chi connectivity index (χ4n) is 2.80. The third-order valence-electron chi connectivity index (χ3n) is 3.95. The van der Waals surface area contributed by atoms with E-state index in [0.29, 0.717) is 23.4 Å². The lowest BCUT2D eigenvalue weighted by Gasteiger charge is -2.24.